The molecule has 0 amide bonds. The number of benzene rings is 1. The van der Waals surface area contributed by atoms with E-state index in [4.69, 9.17) is 14.3 Å². The second-order valence-corrected chi connectivity index (χ2v) is 7.46. The monoisotopic (exact) mass is 434 g/mol. The second kappa shape index (κ2) is 10.0. The standard InChI is InChI=1S/C23H26N6O3/c1-16-21(31-20-9-13-29(14-10-20)23-24-11-4-12-25-23)26-15-27-22(16)32-28-17(2)18-5-7-19(30-3)8-6-18/h4-8,11-12,15,20H,9-10,13-14H2,1-3H3. The van der Waals surface area contributed by atoms with Gasteiger partial charge in [0.05, 0.1) is 18.4 Å². The number of rotatable bonds is 7. The van der Waals surface area contributed by atoms with Gasteiger partial charge in [0, 0.05) is 38.3 Å². The zero-order valence-electron chi connectivity index (χ0n) is 18.4. The molecule has 1 aromatic carbocycles. The zero-order valence-corrected chi connectivity index (χ0v) is 18.4. The van der Waals surface area contributed by atoms with Gasteiger partial charge in [-0.3, -0.25) is 0 Å². The lowest BCUT2D eigenvalue weighted by molar-refractivity contribution is 0.160. The van der Waals surface area contributed by atoms with Gasteiger partial charge in [-0.1, -0.05) is 5.16 Å². The summed E-state index contributed by atoms with van der Waals surface area (Å²) in [6.07, 6.45) is 6.72. The van der Waals surface area contributed by atoms with Crippen molar-refractivity contribution in [1.82, 2.24) is 19.9 Å². The van der Waals surface area contributed by atoms with Gasteiger partial charge in [-0.25, -0.2) is 15.0 Å². The van der Waals surface area contributed by atoms with Crippen molar-refractivity contribution in [3.8, 4) is 17.5 Å². The van der Waals surface area contributed by atoms with Gasteiger partial charge in [-0.05, 0) is 49.7 Å². The van der Waals surface area contributed by atoms with E-state index < -0.39 is 0 Å². The number of hydrogen-bond acceptors (Lipinski definition) is 9. The molecule has 1 aliphatic rings. The Balaban J connectivity index is 1.37. The van der Waals surface area contributed by atoms with Crippen LogP contribution in [0.5, 0.6) is 17.5 Å². The minimum atomic E-state index is 0.0564. The van der Waals surface area contributed by atoms with Crippen LogP contribution in [0.3, 0.4) is 0 Å². The molecule has 0 N–H and O–H groups in total. The van der Waals surface area contributed by atoms with Gasteiger partial charge in [0.1, 0.15) is 18.2 Å². The van der Waals surface area contributed by atoms with Crippen LogP contribution in [0.25, 0.3) is 0 Å². The van der Waals surface area contributed by atoms with Gasteiger partial charge >= 0.3 is 0 Å². The first-order valence-electron chi connectivity index (χ1n) is 10.5. The number of oxime groups is 1. The van der Waals surface area contributed by atoms with Crippen molar-refractivity contribution in [1.29, 1.82) is 0 Å². The summed E-state index contributed by atoms with van der Waals surface area (Å²) in [4.78, 5) is 24.9. The quantitative estimate of drug-likeness (QED) is 0.412. The largest absolute Gasteiger partial charge is 0.497 e. The lowest BCUT2D eigenvalue weighted by Crippen LogP contribution is -2.39. The predicted molar refractivity (Wildman–Crippen MR) is 120 cm³/mol. The van der Waals surface area contributed by atoms with Gasteiger partial charge in [0.2, 0.25) is 11.8 Å². The molecule has 0 spiro atoms. The van der Waals surface area contributed by atoms with E-state index >= 15 is 0 Å². The molecule has 0 saturated carbocycles. The molecule has 0 atom stereocenters. The van der Waals surface area contributed by atoms with E-state index in [1.54, 1.807) is 19.5 Å². The van der Waals surface area contributed by atoms with Gasteiger partial charge < -0.3 is 19.2 Å². The van der Waals surface area contributed by atoms with Gasteiger partial charge in [-0.2, -0.15) is 4.98 Å². The Morgan fingerprint density at radius 3 is 2.38 bits per heavy atom. The van der Waals surface area contributed by atoms with Crippen molar-refractivity contribution in [2.24, 2.45) is 5.16 Å². The van der Waals surface area contributed by atoms with Gasteiger partial charge in [0.15, 0.2) is 0 Å². The molecule has 4 rings (SSSR count). The molecule has 32 heavy (non-hydrogen) atoms. The van der Waals surface area contributed by atoms with Crippen LogP contribution in [0, 0.1) is 6.92 Å². The van der Waals surface area contributed by atoms with Crippen LogP contribution >= 0.6 is 0 Å². The Morgan fingerprint density at radius 2 is 1.69 bits per heavy atom. The molecule has 0 radical (unpaired) electrons. The number of hydrogen-bond donors (Lipinski definition) is 0. The van der Waals surface area contributed by atoms with Crippen LogP contribution in [0.1, 0.15) is 30.9 Å². The Hall–Kier alpha value is -3.75. The molecule has 9 nitrogen and oxygen atoms in total. The molecule has 166 valence electrons. The lowest BCUT2D eigenvalue weighted by atomic mass is 10.1. The average molecular weight is 435 g/mol. The molecular weight excluding hydrogens is 408 g/mol. The number of anilines is 1. The number of aromatic nitrogens is 4. The number of piperidine rings is 1. The second-order valence-electron chi connectivity index (χ2n) is 7.46. The summed E-state index contributed by atoms with van der Waals surface area (Å²) in [6, 6.07) is 9.43. The van der Waals surface area contributed by atoms with Crippen LogP contribution < -0.4 is 19.2 Å². The maximum Gasteiger partial charge on any atom is 0.258 e. The van der Waals surface area contributed by atoms with E-state index in [-0.39, 0.29) is 6.10 Å². The van der Waals surface area contributed by atoms with E-state index in [9.17, 15) is 0 Å². The van der Waals surface area contributed by atoms with E-state index in [0.717, 1.165) is 48.9 Å². The molecule has 0 aliphatic carbocycles. The van der Waals surface area contributed by atoms with Crippen LogP contribution in [-0.2, 0) is 0 Å². The summed E-state index contributed by atoms with van der Waals surface area (Å²) < 4.78 is 11.4. The average Bonchev–Trinajstić information content (AvgIpc) is 2.85. The number of ether oxygens (including phenoxy) is 2. The lowest BCUT2D eigenvalue weighted by Gasteiger charge is -2.32. The third-order valence-electron chi connectivity index (χ3n) is 5.32. The summed E-state index contributed by atoms with van der Waals surface area (Å²) in [5.41, 5.74) is 2.37. The van der Waals surface area contributed by atoms with E-state index in [0.29, 0.717) is 17.3 Å². The van der Waals surface area contributed by atoms with Crippen molar-refractivity contribution in [3.05, 3.63) is 60.2 Å². The van der Waals surface area contributed by atoms with Gasteiger partial charge in [0.25, 0.3) is 5.88 Å². The van der Waals surface area contributed by atoms with E-state index in [2.05, 4.69) is 30.0 Å². The number of methoxy groups -OCH3 is 1. The molecule has 9 heteroatoms. The summed E-state index contributed by atoms with van der Waals surface area (Å²) in [5, 5.41) is 4.22. The fraction of sp³-hybridized carbons (Fsp3) is 0.348. The Morgan fingerprint density at radius 1 is 1.00 bits per heavy atom. The first-order chi connectivity index (χ1) is 15.6. The van der Waals surface area contributed by atoms with Crippen molar-refractivity contribution in [2.45, 2.75) is 32.8 Å². The Bertz CT molecular complexity index is 1050. The molecular formula is C23H26N6O3. The SMILES string of the molecule is COc1ccc(C(C)=NOc2ncnc(OC3CCN(c4ncccn4)CC3)c2C)cc1. The molecule has 2 aromatic heterocycles. The van der Waals surface area contributed by atoms with Crippen LogP contribution in [-0.4, -0.2) is 52.0 Å². The van der Waals surface area contributed by atoms with E-state index in [1.165, 1.54) is 6.33 Å². The molecule has 0 bridgehead atoms. The van der Waals surface area contributed by atoms with Crippen LogP contribution in [0.15, 0.2) is 54.2 Å². The molecule has 3 heterocycles. The third-order valence-corrected chi connectivity index (χ3v) is 5.32. The Kier molecular flexibility index (Phi) is 6.74. The highest BCUT2D eigenvalue weighted by atomic mass is 16.6. The summed E-state index contributed by atoms with van der Waals surface area (Å²) in [6.45, 7) is 5.40. The highest BCUT2D eigenvalue weighted by Gasteiger charge is 2.23. The first-order valence-corrected chi connectivity index (χ1v) is 10.5. The maximum absolute atomic E-state index is 6.17. The predicted octanol–water partition coefficient (Wildman–Crippen LogP) is 3.43. The summed E-state index contributed by atoms with van der Waals surface area (Å²) in [5.74, 6) is 2.43. The number of nitrogens with zero attached hydrogens (tertiary/aromatic N) is 6. The Labute approximate surface area is 187 Å². The molecule has 3 aromatic rings. The molecule has 1 aliphatic heterocycles. The smallest absolute Gasteiger partial charge is 0.258 e. The third kappa shape index (κ3) is 5.11. The maximum atomic E-state index is 6.17. The van der Waals surface area contributed by atoms with Crippen molar-refractivity contribution in [3.63, 3.8) is 0 Å². The topological polar surface area (TPSA) is 94.8 Å². The summed E-state index contributed by atoms with van der Waals surface area (Å²) in [7, 11) is 1.64. The van der Waals surface area contributed by atoms with Gasteiger partial charge in [-0.15, -0.1) is 0 Å². The first kappa shape index (κ1) is 21.5. The summed E-state index contributed by atoms with van der Waals surface area (Å²) >= 11 is 0. The van der Waals surface area contributed by atoms with Crippen molar-refractivity contribution in [2.75, 3.05) is 25.1 Å². The minimum Gasteiger partial charge on any atom is -0.497 e. The zero-order chi connectivity index (χ0) is 22.3. The van der Waals surface area contributed by atoms with E-state index in [1.807, 2.05) is 44.2 Å². The normalized spacial score (nSPS) is 14.8. The highest BCUT2D eigenvalue weighted by molar-refractivity contribution is 5.98. The molecule has 0 unspecified atom stereocenters. The highest BCUT2D eigenvalue weighted by Crippen LogP contribution is 2.26. The van der Waals surface area contributed by atoms with Crippen molar-refractivity contribution < 1.29 is 14.3 Å². The van der Waals surface area contributed by atoms with Crippen LogP contribution in [0.4, 0.5) is 5.95 Å². The fourth-order valence-electron chi connectivity index (χ4n) is 3.41. The van der Waals surface area contributed by atoms with Crippen molar-refractivity contribution >= 4 is 11.7 Å². The molecule has 1 saturated heterocycles. The minimum absolute atomic E-state index is 0.0564. The molecule has 1 fully saturated rings. The fourth-order valence-corrected chi connectivity index (χ4v) is 3.41. The van der Waals surface area contributed by atoms with Crippen LogP contribution in [0.2, 0.25) is 0 Å².